The zero-order valence-corrected chi connectivity index (χ0v) is 21.0. The van der Waals surface area contributed by atoms with E-state index in [-0.39, 0.29) is 11.8 Å². The van der Waals surface area contributed by atoms with Crippen molar-refractivity contribution in [1.29, 1.82) is 0 Å². The number of amides is 1. The van der Waals surface area contributed by atoms with E-state index >= 15 is 0 Å². The summed E-state index contributed by atoms with van der Waals surface area (Å²) in [5.74, 6) is 0.600. The summed E-state index contributed by atoms with van der Waals surface area (Å²) in [6.07, 6.45) is 4.47. The van der Waals surface area contributed by atoms with Crippen LogP contribution in [0.1, 0.15) is 49.3 Å². The largest absolute Gasteiger partial charge is 0.326 e. The third-order valence-corrected chi connectivity index (χ3v) is 7.27. The first-order valence-electron chi connectivity index (χ1n) is 12.8. The molecule has 1 amide bonds. The Morgan fingerprint density at radius 2 is 1.71 bits per heavy atom. The average molecular weight is 466 g/mol. The van der Waals surface area contributed by atoms with Crippen LogP contribution in [0.25, 0.3) is 16.6 Å². The number of carbonyl (C=O) groups is 1. The van der Waals surface area contributed by atoms with Gasteiger partial charge in [0.05, 0.1) is 5.52 Å². The summed E-state index contributed by atoms with van der Waals surface area (Å²) in [7, 11) is 0. The Morgan fingerprint density at radius 3 is 2.46 bits per heavy atom. The van der Waals surface area contributed by atoms with E-state index in [0.717, 1.165) is 38.2 Å². The molecule has 5 rings (SSSR count). The number of aryl methyl sites for hydroxylation is 1. The Kier molecular flexibility index (Phi) is 6.74. The lowest BCUT2D eigenvalue weighted by atomic mass is 9.89. The summed E-state index contributed by atoms with van der Waals surface area (Å²) in [5, 5.41) is 4.38. The number of aromatic nitrogens is 1. The van der Waals surface area contributed by atoms with Crippen LogP contribution in [0.3, 0.4) is 0 Å². The number of rotatable bonds is 6. The maximum absolute atomic E-state index is 12.1. The van der Waals surface area contributed by atoms with Gasteiger partial charge in [0, 0.05) is 35.4 Å². The Morgan fingerprint density at radius 1 is 0.971 bits per heavy atom. The van der Waals surface area contributed by atoms with Gasteiger partial charge in [-0.05, 0) is 86.3 Å². The van der Waals surface area contributed by atoms with Gasteiger partial charge >= 0.3 is 0 Å². The van der Waals surface area contributed by atoms with E-state index in [1.54, 1.807) is 0 Å². The highest BCUT2D eigenvalue weighted by Crippen LogP contribution is 2.31. The fourth-order valence-electron chi connectivity index (χ4n) is 5.12. The van der Waals surface area contributed by atoms with E-state index in [4.69, 9.17) is 0 Å². The van der Waals surface area contributed by atoms with Crippen molar-refractivity contribution in [2.75, 3.05) is 18.4 Å². The molecule has 1 aromatic heterocycles. The van der Waals surface area contributed by atoms with Crippen LogP contribution in [0.2, 0.25) is 0 Å². The highest BCUT2D eigenvalue weighted by atomic mass is 16.1. The summed E-state index contributed by atoms with van der Waals surface area (Å²) in [6.45, 7) is 9.12. The van der Waals surface area contributed by atoms with Crippen LogP contribution in [-0.2, 0) is 11.3 Å². The summed E-state index contributed by atoms with van der Waals surface area (Å²) < 4.78 is 2.29. The molecule has 35 heavy (non-hydrogen) atoms. The van der Waals surface area contributed by atoms with E-state index in [0.29, 0.717) is 5.92 Å². The van der Waals surface area contributed by atoms with Crippen molar-refractivity contribution in [2.24, 2.45) is 5.92 Å². The monoisotopic (exact) mass is 465 g/mol. The Balaban J connectivity index is 1.25. The molecular weight excluding hydrogens is 430 g/mol. The topological polar surface area (TPSA) is 37.3 Å². The number of anilines is 1. The van der Waals surface area contributed by atoms with Crippen molar-refractivity contribution < 1.29 is 4.79 Å². The Hall–Kier alpha value is -3.37. The molecule has 180 valence electrons. The first-order chi connectivity index (χ1) is 17.0. The van der Waals surface area contributed by atoms with Crippen LogP contribution < -0.4 is 5.32 Å². The van der Waals surface area contributed by atoms with Gasteiger partial charge in [0.2, 0.25) is 5.91 Å². The smallest absolute Gasteiger partial charge is 0.226 e. The van der Waals surface area contributed by atoms with Crippen LogP contribution in [0.15, 0.2) is 79.0 Å². The van der Waals surface area contributed by atoms with Gasteiger partial charge in [0.1, 0.15) is 0 Å². The van der Waals surface area contributed by atoms with Crippen molar-refractivity contribution in [3.05, 3.63) is 95.7 Å². The second-order valence-corrected chi connectivity index (χ2v) is 10.2. The molecule has 0 spiro atoms. The lowest BCUT2D eigenvalue weighted by molar-refractivity contribution is -0.118. The molecule has 1 N–H and O–H groups in total. The van der Waals surface area contributed by atoms with E-state index < -0.39 is 0 Å². The van der Waals surface area contributed by atoms with Crippen LogP contribution in [0, 0.1) is 12.8 Å². The summed E-state index contributed by atoms with van der Waals surface area (Å²) in [4.78, 5) is 14.7. The molecule has 1 aliphatic rings. The number of hydrogen-bond donors (Lipinski definition) is 1. The molecule has 1 aliphatic heterocycles. The minimum absolute atomic E-state index is 0.0138. The summed E-state index contributed by atoms with van der Waals surface area (Å²) in [6, 6.07) is 26.1. The molecule has 1 saturated heterocycles. The first-order valence-corrected chi connectivity index (χ1v) is 12.8. The van der Waals surface area contributed by atoms with Gasteiger partial charge in [-0.15, -0.1) is 0 Å². The van der Waals surface area contributed by atoms with E-state index in [1.165, 1.54) is 33.3 Å². The summed E-state index contributed by atoms with van der Waals surface area (Å²) >= 11 is 0. The number of likely N-dealkylation sites (tertiary alicyclic amines) is 1. The standard InChI is InChI=1S/C31H35N3O/c1-22(2)31(35)32-27-8-4-6-25(20-27)24-14-17-33(18-15-24)21-26-7-5-9-30-29(26)16-19-34(30)28-12-10-23(3)11-13-28/h4-13,16,19-20,22,24H,14-15,17-18,21H2,1-3H3,(H,32,35). The molecular formula is C31H35N3O. The normalized spacial score (nSPS) is 15.1. The fourth-order valence-corrected chi connectivity index (χ4v) is 5.12. The van der Waals surface area contributed by atoms with Gasteiger partial charge < -0.3 is 9.88 Å². The number of carbonyl (C=O) groups excluding carboxylic acids is 1. The molecule has 4 nitrogen and oxygen atoms in total. The third kappa shape index (κ3) is 5.18. The molecule has 0 unspecified atom stereocenters. The molecule has 0 atom stereocenters. The maximum atomic E-state index is 12.1. The molecule has 2 heterocycles. The minimum Gasteiger partial charge on any atom is -0.326 e. The fraction of sp³-hybridized carbons (Fsp3) is 0.323. The van der Waals surface area contributed by atoms with E-state index in [1.807, 2.05) is 19.9 Å². The van der Waals surface area contributed by atoms with Gasteiger partial charge in [-0.1, -0.05) is 55.8 Å². The number of hydrogen-bond acceptors (Lipinski definition) is 2. The number of nitrogens with one attached hydrogen (secondary N) is 1. The third-order valence-electron chi connectivity index (χ3n) is 7.27. The van der Waals surface area contributed by atoms with Gasteiger partial charge in [-0.25, -0.2) is 0 Å². The Bertz CT molecular complexity index is 1310. The predicted octanol–water partition coefficient (Wildman–Crippen LogP) is 6.91. The molecule has 0 aliphatic carbocycles. The van der Waals surface area contributed by atoms with Crippen molar-refractivity contribution in [3.63, 3.8) is 0 Å². The zero-order chi connectivity index (χ0) is 24.4. The molecule has 0 radical (unpaired) electrons. The van der Waals surface area contributed by atoms with Crippen LogP contribution >= 0.6 is 0 Å². The molecule has 1 fully saturated rings. The van der Waals surface area contributed by atoms with Gasteiger partial charge in [-0.2, -0.15) is 0 Å². The lowest BCUT2D eigenvalue weighted by Gasteiger charge is -2.32. The SMILES string of the molecule is Cc1ccc(-n2ccc3c(CN4CCC(c5cccc(NC(=O)C(C)C)c5)CC4)cccc32)cc1. The van der Waals surface area contributed by atoms with Crippen LogP contribution in [0.5, 0.6) is 0 Å². The second-order valence-electron chi connectivity index (χ2n) is 10.2. The Labute approximate surface area is 208 Å². The molecule has 0 saturated carbocycles. The maximum Gasteiger partial charge on any atom is 0.226 e. The highest BCUT2D eigenvalue weighted by molar-refractivity contribution is 5.92. The summed E-state index contributed by atoms with van der Waals surface area (Å²) in [5.41, 5.74) is 7.39. The van der Waals surface area contributed by atoms with Crippen molar-refractivity contribution in [1.82, 2.24) is 9.47 Å². The first kappa shape index (κ1) is 23.4. The van der Waals surface area contributed by atoms with Crippen LogP contribution in [-0.4, -0.2) is 28.5 Å². The molecule has 3 aromatic carbocycles. The van der Waals surface area contributed by atoms with Crippen molar-refractivity contribution in [2.45, 2.75) is 46.1 Å². The predicted molar refractivity (Wildman–Crippen MR) is 145 cm³/mol. The molecule has 4 heteroatoms. The average Bonchev–Trinajstić information content (AvgIpc) is 3.30. The van der Waals surface area contributed by atoms with E-state index in [2.05, 4.69) is 94.6 Å². The highest BCUT2D eigenvalue weighted by Gasteiger charge is 2.22. The second kappa shape index (κ2) is 10.1. The minimum atomic E-state index is -0.0138. The van der Waals surface area contributed by atoms with Crippen molar-refractivity contribution in [3.8, 4) is 5.69 Å². The van der Waals surface area contributed by atoms with Gasteiger partial charge in [-0.3, -0.25) is 9.69 Å². The number of benzene rings is 3. The quantitative estimate of drug-likeness (QED) is 0.336. The zero-order valence-electron chi connectivity index (χ0n) is 21.0. The lowest BCUT2D eigenvalue weighted by Crippen LogP contribution is -2.32. The molecule has 4 aromatic rings. The van der Waals surface area contributed by atoms with E-state index in [9.17, 15) is 4.79 Å². The number of nitrogens with zero attached hydrogens (tertiary/aromatic N) is 2. The van der Waals surface area contributed by atoms with Gasteiger partial charge in [0.25, 0.3) is 0 Å². The number of fused-ring (bicyclic) bond motifs is 1. The van der Waals surface area contributed by atoms with Crippen LogP contribution in [0.4, 0.5) is 5.69 Å². The van der Waals surface area contributed by atoms with Crippen molar-refractivity contribution >= 4 is 22.5 Å². The van der Waals surface area contributed by atoms with Gasteiger partial charge in [0.15, 0.2) is 0 Å². The molecule has 0 bridgehead atoms. The number of piperidine rings is 1.